The van der Waals surface area contributed by atoms with Crippen LogP contribution in [0.1, 0.15) is 51.2 Å². The van der Waals surface area contributed by atoms with Crippen molar-refractivity contribution >= 4 is 35.9 Å². The first-order chi connectivity index (χ1) is 10.4. The molecule has 1 rings (SSSR count). The standard InChI is InChI=1S/C11H15NO3S.C5H10O2/c1-11(2,3)15-10(14)12(4)8-5-6-16-9(8)7-13;1-5(2,3)7-4-6/h5-7H,1-4H3;4H,1-3H3. The third-order valence-corrected chi connectivity index (χ3v) is 3.04. The van der Waals surface area contributed by atoms with Crippen LogP contribution >= 0.6 is 11.3 Å². The summed E-state index contributed by atoms with van der Waals surface area (Å²) in [5, 5.41) is 1.76. The molecule has 0 aliphatic heterocycles. The molecule has 0 bridgehead atoms. The molecule has 0 radical (unpaired) electrons. The van der Waals surface area contributed by atoms with E-state index < -0.39 is 11.7 Å². The number of aldehydes is 1. The van der Waals surface area contributed by atoms with Crippen molar-refractivity contribution in [1.29, 1.82) is 0 Å². The number of nitrogens with zero attached hydrogens (tertiary/aromatic N) is 1. The second kappa shape index (κ2) is 8.67. The van der Waals surface area contributed by atoms with Gasteiger partial charge >= 0.3 is 6.09 Å². The Kier molecular flexibility index (Phi) is 7.95. The Hall–Kier alpha value is -1.89. The second-order valence-corrected chi connectivity index (χ2v) is 7.60. The molecular formula is C16H25NO5S. The second-order valence-electron chi connectivity index (χ2n) is 6.65. The van der Waals surface area contributed by atoms with E-state index in [1.54, 1.807) is 39.3 Å². The van der Waals surface area contributed by atoms with Gasteiger partial charge in [-0.2, -0.15) is 0 Å². The van der Waals surface area contributed by atoms with Crippen molar-refractivity contribution in [2.45, 2.75) is 52.7 Å². The summed E-state index contributed by atoms with van der Waals surface area (Å²) in [6, 6.07) is 1.72. The Morgan fingerprint density at radius 1 is 1.13 bits per heavy atom. The summed E-state index contributed by atoms with van der Waals surface area (Å²) in [5.41, 5.74) is -0.279. The van der Waals surface area contributed by atoms with Gasteiger partial charge in [0.25, 0.3) is 6.47 Å². The maximum Gasteiger partial charge on any atom is 0.414 e. The first-order valence-electron chi connectivity index (χ1n) is 7.02. The molecule has 0 N–H and O–H groups in total. The number of carbonyl (C=O) groups is 3. The fourth-order valence-corrected chi connectivity index (χ4v) is 1.98. The monoisotopic (exact) mass is 343 g/mol. The first-order valence-corrected chi connectivity index (χ1v) is 7.90. The van der Waals surface area contributed by atoms with Gasteiger partial charge in [0.2, 0.25) is 0 Å². The highest BCUT2D eigenvalue weighted by molar-refractivity contribution is 7.12. The Balaban J connectivity index is 0.000000585. The van der Waals surface area contributed by atoms with Crippen LogP contribution in [-0.2, 0) is 14.3 Å². The molecule has 0 saturated carbocycles. The van der Waals surface area contributed by atoms with Crippen LogP contribution in [0, 0.1) is 0 Å². The van der Waals surface area contributed by atoms with Gasteiger partial charge in [-0.1, -0.05) is 0 Å². The Bertz CT molecular complexity index is 525. The molecule has 0 fully saturated rings. The average Bonchev–Trinajstić information content (AvgIpc) is 2.83. The molecule has 1 aromatic rings. The van der Waals surface area contributed by atoms with Crippen LogP contribution in [0.3, 0.4) is 0 Å². The van der Waals surface area contributed by atoms with Crippen LogP contribution in [-0.4, -0.2) is 37.1 Å². The molecule has 1 aromatic heterocycles. The maximum atomic E-state index is 11.7. The summed E-state index contributed by atoms with van der Waals surface area (Å²) >= 11 is 1.30. The summed E-state index contributed by atoms with van der Waals surface area (Å²) in [7, 11) is 1.59. The zero-order valence-electron chi connectivity index (χ0n) is 14.7. The Morgan fingerprint density at radius 3 is 2.04 bits per heavy atom. The molecule has 130 valence electrons. The zero-order valence-corrected chi connectivity index (χ0v) is 15.5. The normalized spacial score (nSPS) is 10.9. The van der Waals surface area contributed by atoms with Crippen molar-refractivity contribution in [2.75, 3.05) is 11.9 Å². The predicted octanol–water partition coefficient (Wildman–Crippen LogP) is 3.89. The molecule has 1 amide bonds. The van der Waals surface area contributed by atoms with E-state index in [9.17, 15) is 14.4 Å². The van der Waals surface area contributed by atoms with Crippen LogP contribution in [0.15, 0.2) is 11.4 Å². The van der Waals surface area contributed by atoms with Crippen molar-refractivity contribution in [3.63, 3.8) is 0 Å². The quantitative estimate of drug-likeness (QED) is 0.779. The smallest absolute Gasteiger partial charge is 0.414 e. The molecule has 7 heteroatoms. The fraction of sp³-hybridized carbons (Fsp3) is 0.562. The van der Waals surface area contributed by atoms with Gasteiger partial charge < -0.3 is 9.47 Å². The molecule has 0 aliphatic carbocycles. The highest BCUT2D eigenvalue weighted by Crippen LogP contribution is 2.24. The lowest BCUT2D eigenvalue weighted by Crippen LogP contribution is -2.34. The fourth-order valence-electron chi connectivity index (χ4n) is 1.25. The van der Waals surface area contributed by atoms with Crippen molar-refractivity contribution in [3.05, 3.63) is 16.3 Å². The predicted molar refractivity (Wildman–Crippen MR) is 91.2 cm³/mol. The third-order valence-electron chi connectivity index (χ3n) is 2.21. The summed E-state index contributed by atoms with van der Waals surface area (Å²) < 4.78 is 9.75. The van der Waals surface area contributed by atoms with Gasteiger partial charge in [0.15, 0.2) is 6.29 Å². The number of thiophene rings is 1. The van der Waals surface area contributed by atoms with Crippen molar-refractivity contribution in [1.82, 2.24) is 0 Å². The molecule has 0 aromatic carbocycles. The van der Waals surface area contributed by atoms with Crippen LogP contribution < -0.4 is 4.90 Å². The molecule has 1 heterocycles. The largest absolute Gasteiger partial charge is 0.462 e. The maximum absolute atomic E-state index is 11.7. The van der Waals surface area contributed by atoms with E-state index in [-0.39, 0.29) is 5.60 Å². The number of carbonyl (C=O) groups excluding carboxylic acids is 3. The lowest BCUT2D eigenvalue weighted by atomic mass is 10.2. The van der Waals surface area contributed by atoms with Crippen molar-refractivity contribution < 1.29 is 23.9 Å². The van der Waals surface area contributed by atoms with Gasteiger partial charge in [-0.15, -0.1) is 11.3 Å². The zero-order chi connectivity index (χ0) is 18.3. The molecule has 0 unspecified atom stereocenters. The topological polar surface area (TPSA) is 72.9 Å². The van der Waals surface area contributed by atoms with E-state index in [1.165, 1.54) is 16.2 Å². The van der Waals surface area contributed by atoms with E-state index in [0.717, 1.165) is 6.29 Å². The van der Waals surface area contributed by atoms with Crippen molar-refractivity contribution in [2.24, 2.45) is 0 Å². The van der Waals surface area contributed by atoms with E-state index in [4.69, 9.17) is 4.74 Å². The lowest BCUT2D eigenvalue weighted by molar-refractivity contribution is -0.138. The highest BCUT2D eigenvalue weighted by atomic mass is 32.1. The van der Waals surface area contributed by atoms with Gasteiger partial charge in [0.05, 0.1) is 10.6 Å². The van der Waals surface area contributed by atoms with E-state index in [1.807, 2.05) is 20.8 Å². The van der Waals surface area contributed by atoms with Gasteiger partial charge in [-0.25, -0.2) is 4.79 Å². The van der Waals surface area contributed by atoms with Gasteiger partial charge in [0.1, 0.15) is 11.2 Å². The number of amides is 1. The summed E-state index contributed by atoms with van der Waals surface area (Å²) in [6.07, 6.45) is 0.273. The number of rotatable bonds is 3. The number of ether oxygens (including phenoxy) is 2. The summed E-state index contributed by atoms with van der Waals surface area (Å²) in [4.78, 5) is 33.9. The molecule has 0 saturated heterocycles. The summed E-state index contributed by atoms with van der Waals surface area (Å²) in [6.45, 7) is 11.3. The van der Waals surface area contributed by atoms with Gasteiger partial charge in [0, 0.05) is 7.05 Å². The van der Waals surface area contributed by atoms with Gasteiger partial charge in [-0.3, -0.25) is 14.5 Å². The lowest BCUT2D eigenvalue weighted by Gasteiger charge is -2.24. The van der Waals surface area contributed by atoms with Crippen LogP contribution in [0.5, 0.6) is 0 Å². The molecular weight excluding hydrogens is 318 g/mol. The Morgan fingerprint density at radius 2 is 1.70 bits per heavy atom. The molecule has 0 aliphatic rings. The minimum Gasteiger partial charge on any atom is -0.462 e. The molecule has 0 spiro atoms. The third kappa shape index (κ3) is 8.97. The minimum atomic E-state index is -0.539. The first kappa shape index (κ1) is 21.1. The average molecular weight is 343 g/mol. The van der Waals surface area contributed by atoms with Crippen molar-refractivity contribution in [3.8, 4) is 0 Å². The number of hydrogen-bond donors (Lipinski definition) is 0. The molecule has 23 heavy (non-hydrogen) atoms. The van der Waals surface area contributed by atoms with Crippen LogP contribution in [0.4, 0.5) is 10.5 Å². The Labute approximate surface area is 141 Å². The van der Waals surface area contributed by atoms with E-state index in [2.05, 4.69) is 4.74 Å². The van der Waals surface area contributed by atoms with E-state index in [0.29, 0.717) is 17.0 Å². The molecule has 0 atom stereocenters. The molecule has 6 nitrogen and oxygen atoms in total. The van der Waals surface area contributed by atoms with Gasteiger partial charge in [-0.05, 0) is 53.0 Å². The highest BCUT2D eigenvalue weighted by Gasteiger charge is 2.22. The SMILES string of the molecule is CC(C)(C)OC=O.CN(C(=O)OC(C)(C)C)c1ccsc1C=O. The minimum absolute atomic E-state index is 0.318. The number of anilines is 1. The van der Waals surface area contributed by atoms with Crippen LogP contribution in [0.25, 0.3) is 0 Å². The van der Waals surface area contributed by atoms with Crippen LogP contribution in [0.2, 0.25) is 0 Å². The number of hydrogen-bond acceptors (Lipinski definition) is 6. The summed E-state index contributed by atoms with van der Waals surface area (Å²) in [5.74, 6) is 0. The van der Waals surface area contributed by atoms with E-state index >= 15 is 0 Å².